The number of hydrogen-bond donors (Lipinski definition) is 1. The summed E-state index contributed by atoms with van der Waals surface area (Å²) in [6, 6.07) is 3.19. The van der Waals surface area contributed by atoms with Crippen LogP contribution in [-0.4, -0.2) is 47.6 Å². The van der Waals surface area contributed by atoms with Crippen LogP contribution in [0.3, 0.4) is 0 Å². The minimum absolute atomic E-state index is 0.160. The number of ether oxygens (including phenoxy) is 1. The summed E-state index contributed by atoms with van der Waals surface area (Å²) in [4.78, 5) is 12.9. The molecule has 17 heavy (non-hydrogen) atoms. The van der Waals surface area contributed by atoms with E-state index in [1.54, 1.807) is 31.9 Å². The number of aromatic nitrogens is 2. The van der Waals surface area contributed by atoms with E-state index in [4.69, 9.17) is 0 Å². The smallest absolute Gasteiger partial charge is 0.358 e. The SMILES string of the molecule is COC(=O)c1ccc(N(C)CC(C)(C)O)nn1. The molecule has 0 atom stereocenters. The monoisotopic (exact) mass is 239 g/mol. The number of carbonyl (C=O) groups is 1. The molecule has 6 nitrogen and oxygen atoms in total. The molecule has 0 saturated carbocycles. The second-order valence-corrected chi connectivity index (χ2v) is 4.44. The Morgan fingerprint density at radius 1 is 1.47 bits per heavy atom. The van der Waals surface area contributed by atoms with Crippen molar-refractivity contribution < 1.29 is 14.6 Å². The van der Waals surface area contributed by atoms with E-state index in [1.807, 2.05) is 0 Å². The van der Waals surface area contributed by atoms with E-state index in [9.17, 15) is 9.90 Å². The molecule has 6 heteroatoms. The standard InChI is InChI=1S/C11H17N3O3/c1-11(2,16)7-14(3)9-6-5-8(12-13-9)10(15)17-4/h5-6,16H,7H2,1-4H3. The molecule has 0 aliphatic carbocycles. The average Bonchev–Trinajstić information content (AvgIpc) is 2.26. The lowest BCUT2D eigenvalue weighted by atomic mass is 10.1. The first-order chi connectivity index (χ1) is 7.83. The Bertz CT molecular complexity index is 384. The number of likely N-dealkylation sites (N-methyl/N-ethyl adjacent to an activating group) is 1. The molecular formula is C11H17N3O3. The summed E-state index contributed by atoms with van der Waals surface area (Å²) < 4.78 is 4.52. The summed E-state index contributed by atoms with van der Waals surface area (Å²) in [5.74, 6) is 0.0639. The maximum atomic E-state index is 11.1. The van der Waals surface area contributed by atoms with Crippen molar-refractivity contribution in [1.29, 1.82) is 0 Å². The van der Waals surface area contributed by atoms with E-state index in [2.05, 4.69) is 14.9 Å². The maximum Gasteiger partial charge on any atom is 0.358 e. The highest BCUT2D eigenvalue weighted by Crippen LogP contribution is 2.12. The van der Waals surface area contributed by atoms with Gasteiger partial charge in [-0.2, -0.15) is 0 Å². The molecule has 94 valence electrons. The third-order valence-corrected chi connectivity index (χ3v) is 2.06. The van der Waals surface area contributed by atoms with Gasteiger partial charge in [-0.05, 0) is 26.0 Å². The van der Waals surface area contributed by atoms with Crippen LogP contribution >= 0.6 is 0 Å². The predicted molar refractivity (Wildman–Crippen MR) is 62.9 cm³/mol. The summed E-state index contributed by atoms with van der Waals surface area (Å²) in [5, 5.41) is 17.3. The molecular weight excluding hydrogens is 222 g/mol. The summed E-state index contributed by atoms with van der Waals surface area (Å²) in [6.07, 6.45) is 0. The van der Waals surface area contributed by atoms with Gasteiger partial charge >= 0.3 is 5.97 Å². The Morgan fingerprint density at radius 2 is 2.12 bits per heavy atom. The third-order valence-electron chi connectivity index (χ3n) is 2.06. The summed E-state index contributed by atoms with van der Waals surface area (Å²) >= 11 is 0. The lowest BCUT2D eigenvalue weighted by molar-refractivity contribution is 0.0592. The van der Waals surface area contributed by atoms with Crippen molar-refractivity contribution in [1.82, 2.24) is 10.2 Å². The van der Waals surface area contributed by atoms with Gasteiger partial charge in [0, 0.05) is 13.6 Å². The normalized spacial score (nSPS) is 11.1. The minimum Gasteiger partial charge on any atom is -0.464 e. The van der Waals surface area contributed by atoms with Crippen LogP contribution in [0.25, 0.3) is 0 Å². The molecule has 0 spiro atoms. The van der Waals surface area contributed by atoms with Crippen LogP contribution in [0.15, 0.2) is 12.1 Å². The van der Waals surface area contributed by atoms with Gasteiger partial charge in [0.15, 0.2) is 11.5 Å². The number of carbonyl (C=O) groups excluding carboxylic acids is 1. The van der Waals surface area contributed by atoms with Gasteiger partial charge in [0.1, 0.15) is 0 Å². The Hall–Kier alpha value is -1.69. The molecule has 0 aliphatic rings. The van der Waals surface area contributed by atoms with Crippen LogP contribution in [0.2, 0.25) is 0 Å². The van der Waals surface area contributed by atoms with E-state index in [-0.39, 0.29) is 5.69 Å². The third kappa shape index (κ3) is 3.99. The Morgan fingerprint density at radius 3 is 2.53 bits per heavy atom. The summed E-state index contributed by atoms with van der Waals surface area (Å²) in [7, 11) is 3.08. The van der Waals surface area contributed by atoms with Crippen LogP contribution in [0, 0.1) is 0 Å². The van der Waals surface area contributed by atoms with Crippen LogP contribution in [0.1, 0.15) is 24.3 Å². The number of anilines is 1. The van der Waals surface area contributed by atoms with Gasteiger partial charge in [0.25, 0.3) is 0 Å². The zero-order chi connectivity index (χ0) is 13.1. The van der Waals surface area contributed by atoms with Gasteiger partial charge in [-0.15, -0.1) is 10.2 Å². The predicted octanol–water partition coefficient (Wildman–Crippen LogP) is 0.470. The second-order valence-electron chi connectivity index (χ2n) is 4.44. The van der Waals surface area contributed by atoms with Crippen molar-refractivity contribution in [3.8, 4) is 0 Å². The maximum absolute atomic E-state index is 11.1. The molecule has 0 unspecified atom stereocenters. The highest BCUT2D eigenvalue weighted by atomic mass is 16.5. The van der Waals surface area contributed by atoms with Gasteiger partial charge in [-0.25, -0.2) is 4.79 Å². The molecule has 0 aliphatic heterocycles. The van der Waals surface area contributed by atoms with Gasteiger partial charge in [0.2, 0.25) is 0 Å². The molecule has 1 rings (SSSR count). The van der Waals surface area contributed by atoms with Crippen molar-refractivity contribution in [2.45, 2.75) is 19.4 Å². The number of esters is 1. The van der Waals surface area contributed by atoms with E-state index < -0.39 is 11.6 Å². The van der Waals surface area contributed by atoms with Gasteiger partial charge in [-0.1, -0.05) is 0 Å². The average molecular weight is 239 g/mol. The number of rotatable bonds is 4. The summed E-state index contributed by atoms with van der Waals surface area (Å²) in [5.41, 5.74) is -0.662. The number of aliphatic hydroxyl groups is 1. The fraction of sp³-hybridized carbons (Fsp3) is 0.545. The van der Waals surface area contributed by atoms with Crippen molar-refractivity contribution in [2.75, 3.05) is 25.6 Å². The lowest BCUT2D eigenvalue weighted by Gasteiger charge is -2.25. The Kier molecular flexibility index (Phi) is 4.01. The van der Waals surface area contributed by atoms with E-state index in [0.717, 1.165) is 0 Å². The van der Waals surface area contributed by atoms with Crippen LogP contribution < -0.4 is 4.90 Å². The van der Waals surface area contributed by atoms with Crippen LogP contribution in [0.4, 0.5) is 5.82 Å². The molecule has 1 heterocycles. The molecule has 0 fully saturated rings. The largest absolute Gasteiger partial charge is 0.464 e. The van der Waals surface area contributed by atoms with Crippen molar-refractivity contribution in [3.63, 3.8) is 0 Å². The quantitative estimate of drug-likeness (QED) is 0.770. The van der Waals surface area contributed by atoms with Crippen molar-refractivity contribution in [3.05, 3.63) is 17.8 Å². The highest BCUT2D eigenvalue weighted by Gasteiger charge is 2.17. The molecule has 0 aromatic carbocycles. The molecule has 1 N–H and O–H groups in total. The molecule has 1 aromatic rings. The molecule has 0 bridgehead atoms. The Balaban J connectivity index is 2.77. The van der Waals surface area contributed by atoms with E-state index in [0.29, 0.717) is 12.4 Å². The minimum atomic E-state index is -0.822. The number of nitrogens with zero attached hydrogens (tertiary/aromatic N) is 3. The topological polar surface area (TPSA) is 75.5 Å². The zero-order valence-corrected chi connectivity index (χ0v) is 10.5. The van der Waals surface area contributed by atoms with Crippen molar-refractivity contribution >= 4 is 11.8 Å². The molecule has 0 radical (unpaired) electrons. The fourth-order valence-electron chi connectivity index (χ4n) is 1.40. The fourth-order valence-corrected chi connectivity index (χ4v) is 1.40. The first-order valence-corrected chi connectivity index (χ1v) is 5.19. The first kappa shape index (κ1) is 13.4. The zero-order valence-electron chi connectivity index (χ0n) is 10.5. The molecule has 0 saturated heterocycles. The van der Waals surface area contributed by atoms with Crippen molar-refractivity contribution in [2.24, 2.45) is 0 Å². The van der Waals surface area contributed by atoms with Gasteiger partial charge in [-0.3, -0.25) is 0 Å². The summed E-state index contributed by atoms with van der Waals surface area (Å²) in [6.45, 7) is 3.83. The highest BCUT2D eigenvalue weighted by molar-refractivity contribution is 5.86. The number of hydrogen-bond acceptors (Lipinski definition) is 6. The van der Waals surface area contributed by atoms with Crippen LogP contribution in [-0.2, 0) is 4.74 Å². The van der Waals surface area contributed by atoms with E-state index in [1.165, 1.54) is 13.2 Å². The lowest BCUT2D eigenvalue weighted by Crippen LogP contribution is -2.36. The molecule has 0 amide bonds. The van der Waals surface area contributed by atoms with E-state index >= 15 is 0 Å². The number of methoxy groups -OCH3 is 1. The second kappa shape index (κ2) is 5.09. The van der Waals surface area contributed by atoms with Crippen LogP contribution in [0.5, 0.6) is 0 Å². The van der Waals surface area contributed by atoms with Gasteiger partial charge in [0.05, 0.1) is 12.7 Å². The first-order valence-electron chi connectivity index (χ1n) is 5.19. The van der Waals surface area contributed by atoms with Gasteiger partial charge < -0.3 is 14.7 Å². The molecule has 1 aromatic heterocycles. The Labute approximate surface area is 100 Å².